The number of phosphoric acid groups is 1. The standard InChI is InChI=1S/C39H59FN5O9P/c1-3-4-5-6-7-8-9-10-11-12-13-14-15-16-19-50-25-32(51-24-30-20-29(23-41)21-31(40)22-30)26-52-55(48,49)53-27-34-36(46)37(47)39(2,54-34)35-18-17-33-38(42)43-28-44-45(33)35/h17-18,20-22,28,32,34,36-37,46-47H,3-16,19,24-27H2,1-2H3,(H,48,49)(H2,42,43,44)/t32-,34?,36-,37-,39+/m1/s1. The zero-order valence-electron chi connectivity index (χ0n) is 32.2. The van der Waals surface area contributed by atoms with E-state index < -0.39 is 56.9 Å². The molecule has 6 atom stereocenters. The number of benzene rings is 1. The minimum absolute atomic E-state index is 0.0210. The number of anilines is 1. The lowest BCUT2D eigenvalue weighted by Crippen LogP contribution is -2.39. The van der Waals surface area contributed by atoms with Gasteiger partial charge in [0.25, 0.3) is 0 Å². The Hall–Kier alpha value is -3.03. The molecule has 1 aliphatic rings. The zero-order valence-corrected chi connectivity index (χ0v) is 33.1. The Bertz CT molecular complexity index is 1690. The minimum Gasteiger partial charge on any atom is -0.387 e. The topological polar surface area (TPSA) is 204 Å². The molecule has 4 rings (SSSR count). The number of unbranched alkanes of at least 4 members (excludes halogenated alkanes) is 13. The lowest BCUT2D eigenvalue weighted by Gasteiger charge is -2.27. The lowest BCUT2D eigenvalue weighted by atomic mass is 9.93. The molecule has 3 heterocycles. The van der Waals surface area contributed by atoms with Crippen LogP contribution in [0.15, 0.2) is 36.7 Å². The highest BCUT2D eigenvalue weighted by Crippen LogP contribution is 2.46. The summed E-state index contributed by atoms with van der Waals surface area (Å²) in [6.07, 6.45) is 13.6. The fourth-order valence-corrected chi connectivity index (χ4v) is 7.57. The van der Waals surface area contributed by atoms with E-state index in [1.807, 2.05) is 6.07 Å². The Labute approximate surface area is 323 Å². The molecule has 0 amide bonds. The molecule has 0 saturated carbocycles. The van der Waals surface area contributed by atoms with Gasteiger partial charge in [-0.1, -0.05) is 90.4 Å². The second-order valence-corrected chi connectivity index (χ2v) is 15.9. The van der Waals surface area contributed by atoms with Crippen molar-refractivity contribution < 1.29 is 47.3 Å². The Morgan fingerprint density at radius 1 is 1.00 bits per heavy atom. The van der Waals surface area contributed by atoms with Crippen LogP contribution in [0.25, 0.3) is 5.52 Å². The quantitative estimate of drug-likeness (QED) is 0.0460. The molecule has 14 nitrogen and oxygen atoms in total. The summed E-state index contributed by atoms with van der Waals surface area (Å²) in [5.74, 6) is -0.380. The third-order valence-corrected chi connectivity index (χ3v) is 10.9. The molecular weight excluding hydrogens is 732 g/mol. The Balaban J connectivity index is 1.21. The van der Waals surface area contributed by atoms with Crippen LogP contribution < -0.4 is 5.73 Å². The van der Waals surface area contributed by atoms with Crippen molar-refractivity contribution >= 4 is 19.2 Å². The minimum atomic E-state index is -4.74. The van der Waals surface area contributed by atoms with Gasteiger partial charge in [-0.15, -0.1) is 0 Å². The fraction of sp³-hybridized carbons (Fsp3) is 0.667. The second kappa shape index (κ2) is 22.6. The maximum absolute atomic E-state index is 14.0. The third kappa shape index (κ3) is 13.8. The molecule has 1 aliphatic heterocycles. The van der Waals surface area contributed by atoms with Gasteiger partial charge in [0.05, 0.1) is 43.8 Å². The van der Waals surface area contributed by atoms with Crippen LogP contribution >= 0.6 is 7.82 Å². The number of rotatable bonds is 27. The van der Waals surface area contributed by atoms with E-state index in [0.29, 0.717) is 23.4 Å². The molecule has 1 saturated heterocycles. The summed E-state index contributed by atoms with van der Waals surface area (Å²) in [5, 5.41) is 35.2. The molecule has 16 heteroatoms. The average Bonchev–Trinajstić information content (AvgIpc) is 3.71. The number of hydrogen-bond donors (Lipinski definition) is 4. The summed E-state index contributed by atoms with van der Waals surface area (Å²) in [4.78, 5) is 14.5. The first-order chi connectivity index (χ1) is 26.5. The number of aromatic nitrogens is 3. The molecule has 0 radical (unpaired) electrons. The second-order valence-electron chi connectivity index (χ2n) is 14.5. The maximum Gasteiger partial charge on any atom is 0.472 e. The van der Waals surface area contributed by atoms with Crippen molar-refractivity contribution in [2.45, 2.75) is 140 Å². The van der Waals surface area contributed by atoms with Gasteiger partial charge in [0.15, 0.2) is 5.82 Å². The smallest absolute Gasteiger partial charge is 0.387 e. The van der Waals surface area contributed by atoms with Crippen LogP contribution in [0.5, 0.6) is 0 Å². The maximum atomic E-state index is 14.0. The van der Waals surface area contributed by atoms with E-state index in [9.17, 15) is 29.3 Å². The van der Waals surface area contributed by atoms with Crippen LogP contribution in [0.4, 0.5) is 10.2 Å². The van der Waals surface area contributed by atoms with Crippen molar-refractivity contribution in [3.8, 4) is 6.07 Å². The molecule has 0 aliphatic carbocycles. The summed E-state index contributed by atoms with van der Waals surface area (Å²) < 4.78 is 56.7. The molecule has 2 unspecified atom stereocenters. The number of halogens is 1. The summed E-state index contributed by atoms with van der Waals surface area (Å²) in [6.45, 7) is 3.15. The summed E-state index contributed by atoms with van der Waals surface area (Å²) in [7, 11) is -4.74. The van der Waals surface area contributed by atoms with E-state index in [-0.39, 0.29) is 24.6 Å². The number of ether oxygens (including phenoxy) is 3. The Kier molecular flexibility index (Phi) is 18.4. The molecule has 55 heavy (non-hydrogen) atoms. The molecule has 0 bridgehead atoms. The first-order valence-electron chi connectivity index (χ1n) is 19.6. The van der Waals surface area contributed by atoms with E-state index in [4.69, 9.17) is 29.0 Å². The molecule has 1 aromatic carbocycles. The van der Waals surface area contributed by atoms with E-state index >= 15 is 0 Å². The van der Waals surface area contributed by atoms with Crippen molar-refractivity contribution in [1.82, 2.24) is 14.6 Å². The Morgan fingerprint density at radius 2 is 1.65 bits per heavy atom. The van der Waals surface area contributed by atoms with Gasteiger partial charge < -0.3 is 35.1 Å². The van der Waals surface area contributed by atoms with Crippen molar-refractivity contribution in [3.05, 3.63) is 59.3 Å². The number of nitrogens with zero attached hydrogens (tertiary/aromatic N) is 4. The number of nitrogen functional groups attached to an aromatic ring is 1. The van der Waals surface area contributed by atoms with Gasteiger partial charge in [0, 0.05) is 6.61 Å². The van der Waals surface area contributed by atoms with Gasteiger partial charge in [0.2, 0.25) is 0 Å². The van der Waals surface area contributed by atoms with Crippen LogP contribution in [-0.4, -0.2) is 80.5 Å². The first kappa shape index (κ1) is 44.7. The number of aliphatic hydroxyl groups is 2. The van der Waals surface area contributed by atoms with Gasteiger partial charge in [-0.25, -0.2) is 18.5 Å². The van der Waals surface area contributed by atoms with Crippen LogP contribution in [0, 0.1) is 17.1 Å². The van der Waals surface area contributed by atoms with E-state index in [2.05, 4.69) is 17.0 Å². The predicted octanol–water partition coefficient (Wildman–Crippen LogP) is 6.87. The van der Waals surface area contributed by atoms with Gasteiger partial charge in [-0.05, 0) is 49.2 Å². The summed E-state index contributed by atoms with van der Waals surface area (Å²) in [6, 6.07) is 9.03. The molecular formula is C39H59FN5O9P. The van der Waals surface area contributed by atoms with Crippen LogP contribution in [0.1, 0.15) is 121 Å². The summed E-state index contributed by atoms with van der Waals surface area (Å²) in [5.41, 5.74) is 5.84. The highest BCUT2D eigenvalue weighted by Gasteiger charge is 2.54. The third-order valence-electron chi connectivity index (χ3n) is 10.00. The van der Waals surface area contributed by atoms with Crippen molar-refractivity contribution in [2.75, 3.05) is 32.2 Å². The average molecular weight is 792 g/mol. The van der Waals surface area contributed by atoms with Gasteiger partial charge in [0.1, 0.15) is 47.7 Å². The zero-order chi connectivity index (χ0) is 39.7. The molecule has 2 aromatic heterocycles. The van der Waals surface area contributed by atoms with Crippen LogP contribution in [-0.2, 0) is 40.0 Å². The van der Waals surface area contributed by atoms with Crippen LogP contribution in [0.3, 0.4) is 0 Å². The highest BCUT2D eigenvalue weighted by atomic mass is 31.2. The monoisotopic (exact) mass is 791 g/mol. The van der Waals surface area contributed by atoms with Crippen LogP contribution in [0.2, 0.25) is 0 Å². The first-order valence-corrected chi connectivity index (χ1v) is 21.1. The molecule has 5 N–H and O–H groups in total. The number of phosphoric ester groups is 1. The molecule has 3 aromatic rings. The van der Waals surface area contributed by atoms with E-state index in [1.165, 1.54) is 93.6 Å². The summed E-state index contributed by atoms with van der Waals surface area (Å²) >= 11 is 0. The van der Waals surface area contributed by atoms with Crippen molar-refractivity contribution in [1.29, 1.82) is 5.26 Å². The molecule has 306 valence electrons. The van der Waals surface area contributed by atoms with Gasteiger partial charge in [-0.3, -0.25) is 9.05 Å². The normalized spacial score (nSPS) is 21.5. The number of hydrogen-bond acceptors (Lipinski definition) is 12. The SMILES string of the molecule is CCCCCCCCCCCCCCCCOC[C@H](COP(=O)(O)OCC1O[C@@](C)(c2ccc3c(N)ncnn23)[C@H](O)[C@@H]1O)OCc1cc(F)cc(C#N)c1. The number of fused-ring (bicyclic) bond motifs is 1. The molecule has 0 spiro atoms. The molecule has 1 fully saturated rings. The van der Waals surface area contributed by atoms with E-state index in [0.717, 1.165) is 25.3 Å². The van der Waals surface area contributed by atoms with Crippen molar-refractivity contribution in [2.24, 2.45) is 0 Å². The largest absolute Gasteiger partial charge is 0.472 e. The number of nitriles is 1. The predicted molar refractivity (Wildman–Crippen MR) is 204 cm³/mol. The number of nitrogens with two attached hydrogens (primary N) is 1. The lowest BCUT2D eigenvalue weighted by molar-refractivity contribution is -0.0901. The van der Waals surface area contributed by atoms with E-state index in [1.54, 1.807) is 19.1 Å². The van der Waals surface area contributed by atoms with Crippen molar-refractivity contribution in [3.63, 3.8) is 0 Å². The highest BCUT2D eigenvalue weighted by molar-refractivity contribution is 7.47. The van der Waals surface area contributed by atoms with Gasteiger partial charge >= 0.3 is 7.82 Å². The van der Waals surface area contributed by atoms with Gasteiger partial charge in [-0.2, -0.15) is 10.4 Å². The fourth-order valence-electron chi connectivity index (χ4n) is 6.81. The number of aliphatic hydroxyl groups excluding tert-OH is 2. The Morgan fingerprint density at radius 3 is 2.31 bits per heavy atom.